The van der Waals surface area contributed by atoms with Gasteiger partial charge in [0.25, 0.3) is 0 Å². The largest absolute Gasteiger partial charge is 0.493 e. The van der Waals surface area contributed by atoms with E-state index in [0.29, 0.717) is 0 Å². The summed E-state index contributed by atoms with van der Waals surface area (Å²) >= 11 is 0. The molecule has 4 nitrogen and oxygen atoms in total. The van der Waals surface area contributed by atoms with E-state index in [0.717, 1.165) is 29.9 Å². The molecule has 0 spiro atoms. The van der Waals surface area contributed by atoms with E-state index in [1.54, 1.807) is 14.2 Å². The maximum absolute atomic E-state index is 5.66. The fraction of sp³-hybridized carbons (Fsp3) is 0.368. The molecule has 122 valence electrons. The number of allylic oxidation sites excluding steroid dienone is 2. The zero-order valence-electron chi connectivity index (χ0n) is 14.2. The minimum atomic E-state index is 0.117. The van der Waals surface area contributed by atoms with Crippen LogP contribution in [0.3, 0.4) is 0 Å². The van der Waals surface area contributed by atoms with Crippen molar-refractivity contribution in [2.24, 2.45) is 0 Å². The average molecular weight is 312 g/mol. The quantitative estimate of drug-likeness (QED) is 0.861. The molecule has 1 heterocycles. The van der Waals surface area contributed by atoms with E-state index >= 15 is 0 Å². The van der Waals surface area contributed by atoms with Crippen LogP contribution in [0, 0.1) is 0 Å². The van der Waals surface area contributed by atoms with Crippen molar-refractivity contribution >= 4 is 0 Å². The number of rotatable bonds is 5. The third-order valence-electron chi connectivity index (χ3n) is 4.46. The summed E-state index contributed by atoms with van der Waals surface area (Å²) in [7, 11) is 7.57. The predicted octanol–water partition coefficient (Wildman–Crippen LogP) is 3.34. The summed E-state index contributed by atoms with van der Waals surface area (Å²) in [6.45, 7) is 0. The molecule has 1 aromatic heterocycles. The molecule has 4 heteroatoms. The van der Waals surface area contributed by atoms with Gasteiger partial charge < -0.3 is 14.5 Å². The van der Waals surface area contributed by atoms with E-state index in [9.17, 15) is 0 Å². The van der Waals surface area contributed by atoms with Gasteiger partial charge in [0.1, 0.15) is 0 Å². The highest BCUT2D eigenvalue weighted by molar-refractivity contribution is 5.52. The van der Waals surface area contributed by atoms with E-state index in [-0.39, 0.29) is 6.04 Å². The van der Waals surface area contributed by atoms with Crippen LogP contribution in [0.25, 0.3) is 0 Å². The zero-order chi connectivity index (χ0) is 16.4. The molecule has 1 aliphatic rings. The Morgan fingerprint density at radius 3 is 2.52 bits per heavy atom. The molecular formula is C19H24N2O2. The second-order valence-corrected chi connectivity index (χ2v) is 6.03. The minimum Gasteiger partial charge on any atom is -0.493 e. The molecule has 0 radical (unpaired) electrons. The van der Waals surface area contributed by atoms with Gasteiger partial charge in [-0.05, 0) is 37.7 Å². The monoisotopic (exact) mass is 312 g/mol. The third kappa shape index (κ3) is 2.75. The Hall–Kier alpha value is -2.20. The summed E-state index contributed by atoms with van der Waals surface area (Å²) < 4.78 is 11.1. The maximum atomic E-state index is 5.66. The second-order valence-electron chi connectivity index (χ2n) is 6.03. The molecule has 0 amide bonds. The number of H-pyrrole nitrogens is 1. The predicted molar refractivity (Wildman–Crippen MR) is 92.4 cm³/mol. The number of methoxy groups -OCH3 is 2. The summed E-state index contributed by atoms with van der Waals surface area (Å²) in [6, 6.07) is 6.19. The van der Waals surface area contributed by atoms with Crippen molar-refractivity contribution in [2.45, 2.75) is 18.9 Å². The number of para-hydroxylation sites is 1. The molecule has 1 atom stereocenters. The molecule has 23 heavy (non-hydrogen) atoms. The summed E-state index contributed by atoms with van der Waals surface area (Å²) in [5, 5.41) is 0. The minimum absolute atomic E-state index is 0.117. The lowest BCUT2D eigenvalue weighted by atomic mass is 9.91. The van der Waals surface area contributed by atoms with Crippen molar-refractivity contribution < 1.29 is 9.47 Å². The number of hydrogen-bond donors (Lipinski definition) is 1. The van der Waals surface area contributed by atoms with Crippen molar-refractivity contribution in [3.05, 3.63) is 58.9 Å². The van der Waals surface area contributed by atoms with Gasteiger partial charge in [-0.15, -0.1) is 0 Å². The van der Waals surface area contributed by atoms with Crippen LogP contribution in [-0.4, -0.2) is 38.2 Å². The topological polar surface area (TPSA) is 37.5 Å². The highest BCUT2D eigenvalue weighted by Gasteiger charge is 2.27. The molecule has 1 unspecified atom stereocenters. The molecule has 0 saturated heterocycles. The SMILES string of the molecule is COc1cccc(C(c2c[nH]c3c2CC=CC3)N(C)C)c1OC. The van der Waals surface area contributed by atoms with Gasteiger partial charge in [-0.2, -0.15) is 0 Å². The van der Waals surface area contributed by atoms with Crippen molar-refractivity contribution in [3.63, 3.8) is 0 Å². The number of ether oxygens (including phenoxy) is 2. The van der Waals surface area contributed by atoms with Crippen molar-refractivity contribution in [1.29, 1.82) is 0 Å². The van der Waals surface area contributed by atoms with Gasteiger partial charge in [-0.25, -0.2) is 0 Å². The third-order valence-corrected chi connectivity index (χ3v) is 4.46. The van der Waals surface area contributed by atoms with Gasteiger partial charge in [0.05, 0.1) is 20.3 Å². The standard InChI is InChI=1S/C19H24N2O2/c1-21(2)18(14-9-7-11-17(22-3)19(14)23-4)15-12-20-16-10-6-5-8-13(15)16/h5-7,9,11-12,18,20H,8,10H2,1-4H3. The molecule has 3 rings (SSSR count). The number of aromatic nitrogens is 1. The molecule has 2 aromatic rings. The van der Waals surface area contributed by atoms with E-state index in [4.69, 9.17) is 9.47 Å². The Bertz CT molecular complexity index is 716. The zero-order valence-corrected chi connectivity index (χ0v) is 14.2. The molecule has 1 N–H and O–H groups in total. The van der Waals surface area contributed by atoms with Gasteiger partial charge in [-0.1, -0.05) is 24.3 Å². The number of nitrogens with zero attached hydrogens (tertiary/aromatic N) is 1. The van der Waals surface area contributed by atoms with Crippen LogP contribution in [0.1, 0.15) is 28.4 Å². The van der Waals surface area contributed by atoms with E-state index in [1.807, 2.05) is 12.1 Å². The first-order valence-corrected chi connectivity index (χ1v) is 7.88. The van der Waals surface area contributed by atoms with E-state index in [1.165, 1.54) is 16.8 Å². The number of nitrogens with one attached hydrogen (secondary N) is 1. The average Bonchev–Trinajstić information content (AvgIpc) is 2.98. The van der Waals surface area contributed by atoms with Gasteiger partial charge in [0.2, 0.25) is 0 Å². The van der Waals surface area contributed by atoms with Crippen LogP contribution >= 0.6 is 0 Å². The molecule has 0 fully saturated rings. The lowest BCUT2D eigenvalue weighted by molar-refractivity contribution is 0.313. The van der Waals surface area contributed by atoms with Crippen LogP contribution in [-0.2, 0) is 12.8 Å². The summed E-state index contributed by atoms with van der Waals surface area (Å²) in [6.07, 6.45) is 8.56. The summed E-state index contributed by atoms with van der Waals surface area (Å²) in [5.41, 5.74) is 5.14. The number of benzene rings is 1. The van der Waals surface area contributed by atoms with Gasteiger partial charge in [0.15, 0.2) is 11.5 Å². The first-order chi connectivity index (χ1) is 11.2. The Kier molecular flexibility index (Phi) is 4.44. The lowest BCUT2D eigenvalue weighted by Gasteiger charge is -2.28. The van der Waals surface area contributed by atoms with Crippen LogP contribution in [0.5, 0.6) is 11.5 Å². The van der Waals surface area contributed by atoms with Gasteiger partial charge in [0, 0.05) is 23.9 Å². The fourth-order valence-electron chi connectivity index (χ4n) is 3.43. The molecule has 1 aromatic carbocycles. The van der Waals surface area contributed by atoms with Crippen molar-refractivity contribution in [1.82, 2.24) is 9.88 Å². The Morgan fingerprint density at radius 1 is 1.04 bits per heavy atom. The fourth-order valence-corrected chi connectivity index (χ4v) is 3.43. The van der Waals surface area contributed by atoms with Crippen LogP contribution in [0.15, 0.2) is 36.5 Å². The molecular weight excluding hydrogens is 288 g/mol. The molecule has 0 aliphatic heterocycles. The molecule has 0 saturated carbocycles. The Morgan fingerprint density at radius 2 is 1.83 bits per heavy atom. The first-order valence-electron chi connectivity index (χ1n) is 7.88. The van der Waals surface area contributed by atoms with Crippen molar-refractivity contribution in [3.8, 4) is 11.5 Å². The van der Waals surface area contributed by atoms with Crippen LogP contribution in [0.2, 0.25) is 0 Å². The summed E-state index contributed by atoms with van der Waals surface area (Å²) in [4.78, 5) is 5.67. The normalized spacial score (nSPS) is 14.7. The van der Waals surface area contributed by atoms with Gasteiger partial charge >= 0.3 is 0 Å². The first kappa shape index (κ1) is 15.7. The number of hydrogen-bond acceptors (Lipinski definition) is 3. The number of fused-ring (bicyclic) bond motifs is 1. The van der Waals surface area contributed by atoms with Crippen molar-refractivity contribution in [2.75, 3.05) is 28.3 Å². The smallest absolute Gasteiger partial charge is 0.165 e. The highest BCUT2D eigenvalue weighted by Crippen LogP contribution is 2.41. The van der Waals surface area contributed by atoms with E-state index < -0.39 is 0 Å². The number of aromatic amines is 1. The van der Waals surface area contributed by atoms with Gasteiger partial charge in [-0.3, -0.25) is 4.90 Å². The van der Waals surface area contributed by atoms with E-state index in [2.05, 4.69) is 48.4 Å². The Balaban J connectivity index is 2.13. The molecule has 1 aliphatic carbocycles. The molecule has 0 bridgehead atoms. The highest BCUT2D eigenvalue weighted by atomic mass is 16.5. The van der Waals surface area contributed by atoms with Crippen LogP contribution < -0.4 is 9.47 Å². The lowest BCUT2D eigenvalue weighted by Crippen LogP contribution is -2.22. The second kappa shape index (κ2) is 6.50. The Labute approximate surface area is 137 Å². The maximum Gasteiger partial charge on any atom is 0.165 e. The van der Waals surface area contributed by atoms with Crippen LogP contribution in [0.4, 0.5) is 0 Å². The summed E-state index contributed by atoms with van der Waals surface area (Å²) in [5.74, 6) is 1.57.